The molecule has 0 saturated carbocycles. The fourth-order valence-corrected chi connectivity index (χ4v) is 8.05. The molecule has 252 valence electrons. The number of carboxylic acids is 1. The van der Waals surface area contributed by atoms with Crippen molar-refractivity contribution >= 4 is 66.4 Å². The van der Waals surface area contributed by atoms with Crippen LogP contribution >= 0.6 is 43.2 Å². The Morgan fingerprint density at radius 1 is 0.705 bits per heavy atom. The highest BCUT2D eigenvalue weighted by atomic mass is 33.1. The van der Waals surface area contributed by atoms with Gasteiger partial charge in [-0.15, -0.1) is 0 Å². The first-order valence-corrected chi connectivity index (χ1v) is 18.7. The van der Waals surface area contributed by atoms with Gasteiger partial charge in [0.05, 0.1) is 26.4 Å². The Bertz CT molecular complexity index is 1070. The molecule has 0 saturated heterocycles. The summed E-state index contributed by atoms with van der Waals surface area (Å²) in [4.78, 5) is 22.2. The Hall–Kier alpha value is -1.58. The van der Waals surface area contributed by atoms with Crippen LogP contribution in [0.15, 0.2) is 36.4 Å². The lowest BCUT2D eigenvalue weighted by atomic mass is 10.1. The lowest BCUT2D eigenvalue weighted by molar-refractivity contribution is -0.137. The third-order valence-corrected chi connectivity index (χ3v) is 11.0. The molecule has 13 heteroatoms. The van der Waals surface area contributed by atoms with Crippen LogP contribution in [0.4, 0.5) is 11.4 Å². The molecule has 44 heavy (non-hydrogen) atoms. The van der Waals surface area contributed by atoms with E-state index in [1.807, 2.05) is 12.5 Å². The molecule has 0 bridgehead atoms. The van der Waals surface area contributed by atoms with Crippen molar-refractivity contribution in [3.8, 4) is 0 Å². The van der Waals surface area contributed by atoms with Crippen LogP contribution in [0.5, 0.6) is 0 Å². The number of hydrogen-bond acceptors (Lipinski definition) is 11. The SMILES string of the molecule is C.CSSC(C)(C)CCC(=O)Nc1cc(CO)cc(CO)c1.CSSC(C)(C)CCC(=O)O.Nc1cc(CO)cc(CO)c1. The van der Waals surface area contributed by atoms with E-state index in [2.05, 4.69) is 33.0 Å². The maximum absolute atomic E-state index is 12.0. The zero-order valence-electron chi connectivity index (χ0n) is 25.9. The molecule has 2 rings (SSSR count). The lowest BCUT2D eigenvalue weighted by Gasteiger charge is -2.21. The quantitative estimate of drug-likeness (QED) is 0.0778. The van der Waals surface area contributed by atoms with Gasteiger partial charge in [0.2, 0.25) is 5.91 Å². The molecule has 8 N–H and O–H groups in total. The van der Waals surface area contributed by atoms with Crippen LogP contribution in [0.1, 0.15) is 83.1 Å². The average Bonchev–Trinajstić information content (AvgIpc) is 2.95. The number of carboxylic acid groups (broad SMARTS) is 1. The van der Waals surface area contributed by atoms with E-state index >= 15 is 0 Å². The fourth-order valence-electron chi connectivity index (χ4n) is 3.57. The molecule has 0 unspecified atom stereocenters. The maximum Gasteiger partial charge on any atom is 0.303 e. The summed E-state index contributed by atoms with van der Waals surface area (Å²) in [7, 11) is 6.88. The number of aliphatic hydroxyl groups excluding tert-OH is 4. The molecule has 0 aliphatic rings. The van der Waals surface area contributed by atoms with E-state index in [0.29, 0.717) is 28.9 Å². The number of aliphatic hydroxyl groups is 4. The summed E-state index contributed by atoms with van der Waals surface area (Å²) in [6.45, 7) is 8.06. The van der Waals surface area contributed by atoms with Crippen LogP contribution in [0, 0.1) is 0 Å². The number of benzene rings is 2. The number of anilines is 2. The Labute approximate surface area is 279 Å². The molecule has 0 heterocycles. The highest BCUT2D eigenvalue weighted by Gasteiger charge is 2.20. The number of amides is 1. The predicted molar refractivity (Wildman–Crippen MR) is 193 cm³/mol. The van der Waals surface area contributed by atoms with Gasteiger partial charge in [-0.2, -0.15) is 0 Å². The van der Waals surface area contributed by atoms with E-state index in [4.69, 9.17) is 21.1 Å². The number of nitrogens with one attached hydrogen (secondary N) is 1. The molecular weight excluding hydrogens is 641 g/mol. The molecule has 1 amide bonds. The van der Waals surface area contributed by atoms with Crippen LogP contribution in [-0.2, 0) is 36.0 Å². The van der Waals surface area contributed by atoms with Gasteiger partial charge < -0.3 is 36.6 Å². The highest BCUT2D eigenvalue weighted by Crippen LogP contribution is 2.37. The minimum atomic E-state index is -0.709. The lowest BCUT2D eigenvalue weighted by Crippen LogP contribution is -2.19. The Balaban J connectivity index is 0. The van der Waals surface area contributed by atoms with Gasteiger partial charge in [-0.3, -0.25) is 9.59 Å². The zero-order valence-corrected chi connectivity index (χ0v) is 29.1. The molecule has 0 radical (unpaired) electrons. The van der Waals surface area contributed by atoms with Gasteiger partial charge in [0, 0.05) is 33.7 Å². The highest BCUT2D eigenvalue weighted by molar-refractivity contribution is 8.77. The molecule has 0 fully saturated rings. The standard InChI is InChI=1S/C15H23NO3S2.C8H11NO2.C7H14O2S2.CH4/c1-15(2,21-20-3)5-4-14(19)16-13-7-11(9-17)6-12(8-13)10-18;9-8-2-6(4-10)1-7(3-8)5-11;1-7(2,11-10-3)5-4-6(8)9;/h6-8,17-18H,4-5,9-10H2,1-3H3,(H,16,19);1-3,10-11H,4-5,9H2;4-5H2,1-3H3,(H,8,9);1H4. The van der Waals surface area contributed by atoms with E-state index in [1.165, 1.54) is 0 Å². The van der Waals surface area contributed by atoms with Gasteiger partial charge in [0.25, 0.3) is 0 Å². The van der Waals surface area contributed by atoms with Crippen molar-refractivity contribution in [3.05, 3.63) is 58.7 Å². The first-order valence-electron chi connectivity index (χ1n) is 13.5. The number of nitrogen functional groups attached to an aromatic ring is 1. The van der Waals surface area contributed by atoms with Gasteiger partial charge in [-0.25, -0.2) is 0 Å². The molecule has 0 atom stereocenters. The van der Waals surface area contributed by atoms with Crippen LogP contribution in [-0.4, -0.2) is 59.4 Å². The second kappa shape index (κ2) is 23.7. The third kappa shape index (κ3) is 21.2. The van der Waals surface area contributed by atoms with Gasteiger partial charge >= 0.3 is 5.97 Å². The minimum absolute atomic E-state index is 0. The van der Waals surface area contributed by atoms with Crippen LogP contribution in [0.2, 0.25) is 0 Å². The Kier molecular flexibility index (Phi) is 24.0. The molecule has 0 spiro atoms. The number of carbonyl (C=O) groups is 2. The number of aliphatic carboxylic acids is 1. The largest absolute Gasteiger partial charge is 0.481 e. The third-order valence-electron chi connectivity index (χ3n) is 5.65. The Morgan fingerprint density at radius 2 is 1.07 bits per heavy atom. The molecule has 0 aliphatic carbocycles. The topological polar surface area (TPSA) is 173 Å². The summed E-state index contributed by atoms with van der Waals surface area (Å²) in [5, 5.41) is 47.1. The summed E-state index contributed by atoms with van der Waals surface area (Å²) < 4.78 is 0.137. The van der Waals surface area contributed by atoms with E-state index in [0.717, 1.165) is 24.0 Å². The van der Waals surface area contributed by atoms with Gasteiger partial charge in [0.1, 0.15) is 0 Å². The predicted octanol–water partition coefficient (Wildman–Crippen LogP) is 6.71. The van der Waals surface area contributed by atoms with Crippen molar-refractivity contribution in [3.63, 3.8) is 0 Å². The number of carbonyl (C=O) groups excluding carboxylic acids is 1. The molecule has 0 aliphatic heterocycles. The molecule has 0 aromatic heterocycles. The monoisotopic (exact) mass is 692 g/mol. The van der Waals surface area contributed by atoms with Gasteiger partial charge in [0.15, 0.2) is 0 Å². The van der Waals surface area contributed by atoms with Crippen LogP contribution in [0.3, 0.4) is 0 Å². The van der Waals surface area contributed by atoms with Crippen molar-refractivity contribution < 1.29 is 35.1 Å². The van der Waals surface area contributed by atoms with Crippen molar-refractivity contribution in [1.29, 1.82) is 0 Å². The van der Waals surface area contributed by atoms with E-state index in [-0.39, 0.29) is 55.7 Å². The average molecular weight is 693 g/mol. The maximum atomic E-state index is 12.0. The summed E-state index contributed by atoms with van der Waals surface area (Å²) in [6, 6.07) is 10.2. The smallest absolute Gasteiger partial charge is 0.303 e. The van der Waals surface area contributed by atoms with E-state index < -0.39 is 5.97 Å². The summed E-state index contributed by atoms with van der Waals surface area (Å²) in [5.41, 5.74) is 9.49. The van der Waals surface area contributed by atoms with Crippen molar-refractivity contribution in [1.82, 2.24) is 0 Å². The van der Waals surface area contributed by atoms with Crippen molar-refractivity contribution in [2.24, 2.45) is 0 Å². The summed E-state index contributed by atoms with van der Waals surface area (Å²) in [5.74, 6) is -0.761. The van der Waals surface area contributed by atoms with Gasteiger partial charge in [-0.1, -0.05) is 62.7 Å². The normalized spacial score (nSPS) is 10.9. The van der Waals surface area contributed by atoms with Crippen LogP contribution in [0.25, 0.3) is 0 Å². The first kappa shape index (κ1) is 44.5. The molecule has 2 aromatic carbocycles. The van der Waals surface area contributed by atoms with Crippen LogP contribution < -0.4 is 11.1 Å². The molecule has 9 nitrogen and oxygen atoms in total. The fraction of sp³-hybridized carbons (Fsp3) is 0.548. The summed E-state index contributed by atoms with van der Waals surface area (Å²) in [6.07, 6.45) is 6.26. The van der Waals surface area contributed by atoms with Crippen molar-refractivity contribution in [2.45, 2.75) is 96.7 Å². The second-order valence-electron chi connectivity index (χ2n) is 10.7. The molecular formula is C31H52N2O7S4. The van der Waals surface area contributed by atoms with E-state index in [1.54, 1.807) is 79.6 Å². The number of rotatable bonds is 15. The second-order valence-corrected chi connectivity index (χ2v) is 16.9. The zero-order chi connectivity index (χ0) is 33.1. The Morgan fingerprint density at radius 3 is 1.41 bits per heavy atom. The van der Waals surface area contributed by atoms with Crippen molar-refractivity contribution in [2.75, 3.05) is 23.6 Å². The summed E-state index contributed by atoms with van der Waals surface area (Å²) >= 11 is 0. The van der Waals surface area contributed by atoms with Gasteiger partial charge in [-0.05, 0) is 99.6 Å². The van der Waals surface area contributed by atoms with E-state index in [9.17, 15) is 19.8 Å². The number of hydrogen-bond donors (Lipinski definition) is 7. The minimum Gasteiger partial charge on any atom is -0.481 e. The number of nitrogens with two attached hydrogens (primary N) is 1. The first-order chi connectivity index (χ1) is 20.1. The molecule has 2 aromatic rings.